The second-order valence-corrected chi connectivity index (χ2v) is 8.89. The van der Waals surface area contributed by atoms with Crippen LogP contribution in [0.15, 0.2) is 42.5 Å². The first-order valence-corrected chi connectivity index (χ1v) is 10.6. The zero-order chi connectivity index (χ0) is 22.4. The summed E-state index contributed by atoms with van der Waals surface area (Å²) in [4.78, 5) is 13.3. The van der Waals surface area contributed by atoms with E-state index in [1.54, 1.807) is 18.2 Å². The smallest absolute Gasteiger partial charge is 0.320 e. The SMILES string of the molecule is COc1nc(-c2ccc(OCCCC(C)(C)C)cc2)nc(-c2cc(CO)ccc2Cl)n1. The van der Waals surface area contributed by atoms with Gasteiger partial charge in [-0.3, -0.25) is 0 Å². The minimum atomic E-state index is -0.101. The van der Waals surface area contributed by atoms with Crippen molar-refractivity contribution in [3.8, 4) is 34.5 Å². The lowest BCUT2D eigenvalue weighted by Gasteiger charge is -2.17. The van der Waals surface area contributed by atoms with Crippen LogP contribution in [0.3, 0.4) is 0 Å². The van der Waals surface area contributed by atoms with E-state index < -0.39 is 0 Å². The van der Waals surface area contributed by atoms with E-state index in [0.29, 0.717) is 39.8 Å². The molecule has 0 aliphatic heterocycles. The first-order valence-electron chi connectivity index (χ1n) is 10.2. The minimum absolute atomic E-state index is 0.101. The first kappa shape index (κ1) is 23.0. The van der Waals surface area contributed by atoms with E-state index in [-0.39, 0.29) is 12.6 Å². The zero-order valence-corrected chi connectivity index (χ0v) is 19.1. The molecular formula is C24H28ClN3O3. The average molecular weight is 442 g/mol. The Hall–Kier alpha value is -2.70. The topological polar surface area (TPSA) is 77.4 Å². The summed E-state index contributed by atoms with van der Waals surface area (Å²) in [5.41, 5.74) is 2.43. The van der Waals surface area contributed by atoms with Gasteiger partial charge in [0.2, 0.25) is 0 Å². The van der Waals surface area contributed by atoms with Crippen LogP contribution in [0, 0.1) is 5.41 Å². The molecule has 0 aliphatic rings. The predicted octanol–water partition coefficient (Wildman–Crippen LogP) is 5.57. The molecule has 0 spiro atoms. The van der Waals surface area contributed by atoms with Crippen molar-refractivity contribution in [1.82, 2.24) is 15.0 Å². The number of hydrogen-bond acceptors (Lipinski definition) is 6. The summed E-state index contributed by atoms with van der Waals surface area (Å²) in [6, 6.07) is 13.0. The van der Waals surface area contributed by atoms with Gasteiger partial charge in [0, 0.05) is 11.1 Å². The van der Waals surface area contributed by atoms with E-state index >= 15 is 0 Å². The molecular weight excluding hydrogens is 414 g/mol. The molecule has 0 unspecified atom stereocenters. The fraction of sp³-hybridized carbons (Fsp3) is 0.375. The van der Waals surface area contributed by atoms with Gasteiger partial charge in [0.25, 0.3) is 0 Å². The van der Waals surface area contributed by atoms with Crippen molar-refractivity contribution in [1.29, 1.82) is 0 Å². The Morgan fingerprint density at radius 3 is 2.32 bits per heavy atom. The third kappa shape index (κ3) is 6.39. The van der Waals surface area contributed by atoms with Gasteiger partial charge in [0.1, 0.15) is 5.75 Å². The van der Waals surface area contributed by atoms with Crippen molar-refractivity contribution in [3.63, 3.8) is 0 Å². The van der Waals surface area contributed by atoms with Crippen molar-refractivity contribution < 1.29 is 14.6 Å². The molecule has 31 heavy (non-hydrogen) atoms. The first-order chi connectivity index (χ1) is 14.8. The van der Waals surface area contributed by atoms with Crippen LogP contribution in [0.5, 0.6) is 11.8 Å². The lowest BCUT2D eigenvalue weighted by molar-refractivity contribution is 0.269. The van der Waals surface area contributed by atoms with Crippen molar-refractivity contribution in [2.45, 2.75) is 40.2 Å². The zero-order valence-electron chi connectivity index (χ0n) is 18.4. The van der Waals surface area contributed by atoms with Crippen LogP contribution in [0.4, 0.5) is 0 Å². The molecule has 7 heteroatoms. The molecule has 0 bridgehead atoms. The number of methoxy groups -OCH3 is 1. The van der Waals surface area contributed by atoms with E-state index in [1.165, 1.54) is 7.11 Å². The summed E-state index contributed by atoms with van der Waals surface area (Å²) in [6.45, 7) is 7.27. The summed E-state index contributed by atoms with van der Waals surface area (Å²) >= 11 is 6.35. The third-order valence-corrected chi connectivity index (χ3v) is 5.03. The molecule has 164 valence electrons. The Morgan fingerprint density at radius 2 is 1.68 bits per heavy atom. The van der Waals surface area contributed by atoms with Gasteiger partial charge in [-0.05, 0) is 60.2 Å². The van der Waals surface area contributed by atoms with Crippen LogP contribution in [0.1, 0.15) is 39.2 Å². The van der Waals surface area contributed by atoms with E-state index in [2.05, 4.69) is 35.7 Å². The van der Waals surface area contributed by atoms with Gasteiger partial charge < -0.3 is 14.6 Å². The van der Waals surface area contributed by atoms with Crippen LogP contribution in [0.25, 0.3) is 22.8 Å². The maximum atomic E-state index is 9.44. The molecule has 1 N–H and O–H groups in total. The van der Waals surface area contributed by atoms with Crippen LogP contribution in [-0.2, 0) is 6.61 Å². The maximum absolute atomic E-state index is 9.44. The molecule has 6 nitrogen and oxygen atoms in total. The number of aliphatic hydroxyl groups excluding tert-OH is 1. The number of aromatic nitrogens is 3. The highest BCUT2D eigenvalue weighted by Gasteiger charge is 2.14. The predicted molar refractivity (Wildman–Crippen MR) is 122 cm³/mol. The fourth-order valence-corrected chi connectivity index (χ4v) is 3.23. The van der Waals surface area contributed by atoms with Crippen LogP contribution < -0.4 is 9.47 Å². The van der Waals surface area contributed by atoms with Gasteiger partial charge in [-0.25, -0.2) is 4.98 Å². The molecule has 3 aromatic rings. The van der Waals surface area contributed by atoms with Gasteiger partial charge in [-0.15, -0.1) is 0 Å². The largest absolute Gasteiger partial charge is 0.494 e. The van der Waals surface area contributed by atoms with Crippen molar-refractivity contribution in [2.24, 2.45) is 5.41 Å². The van der Waals surface area contributed by atoms with Crippen LogP contribution in [0.2, 0.25) is 5.02 Å². The average Bonchev–Trinajstić information content (AvgIpc) is 2.76. The van der Waals surface area contributed by atoms with Gasteiger partial charge in [0.15, 0.2) is 11.6 Å². The Kier molecular flexibility index (Phi) is 7.46. The Morgan fingerprint density at radius 1 is 0.968 bits per heavy atom. The summed E-state index contributed by atoms with van der Waals surface area (Å²) in [5.74, 6) is 1.65. The minimum Gasteiger partial charge on any atom is -0.494 e. The molecule has 0 saturated carbocycles. The summed E-state index contributed by atoms with van der Waals surface area (Å²) in [7, 11) is 1.50. The van der Waals surface area contributed by atoms with E-state index in [9.17, 15) is 5.11 Å². The summed E-state index contributed by atoms with van der Waals surface area (Å²) in [6.07, 6.45) is 2.12. The quantitative estimate of drug-likeness (QED) is 0.461. The van der Waals surface area contributed by atoms with E-state index in [0.717, 1.165) is 24.2 Å². The number of halogens is 1. The maximum Gasteiger partial charge on any atom is 0.320 e. The molecule has 0 fully saturated rings. The van der Waals surface area contributed by atoms with Crippen LogP contribution >= 0.6 is 11.6 Å². The third-order valence-electron chi connectivity index (χ3n) is 4.70. The Balaban J connectivity index is 1.82. The molecule has 3 rings (SSSR count). The van der Waals surface area contributed by atoms with E-state index in [1.807, 2.05) is 24.3 Å². The second kappa shape index (κ2) is 10.1. The van der Waals surface area contributed by atoms with Gasteiger partial charge in [-0.2, -0.15) is 9.97 Å². The van der Waals surface area contributed by atoms with Gasteiger partial charge >= 0.3 is 6.01 Å². The molecule has 0 atom stereocenters. The highest BCUT2D eigenvalue weighted by atomic mass is 35.5. The summed E-state index contributed by atoms with van der Waals surface area (Å²) < 4.78 is 11.1. The molecule has 2 aromatic carbocycles. The standard InChI is InChI=1S/C24H28ClN3O3/c1-24(2,3)12-5-13-31-18-9-7-17(8-10-18)21-26-22(28-23(27-21)30-4)19-14-16(15-29)6-11-20(19)25/h6-11,14,29H,5,12-13,15H2,1-4H3. The normalized spacial score (nSPS) is 11.4. The van der Waals surface area contributed by atoms with Crippen molar-refractivity contribution in [2.75, 3.05) is 13.7 Å². The molecule has 1 aromatic heterocycles. The number of ether oxygens (including phenoxy) is 2. The molecule has 0 radical (unpaired) electrons. The number of benzene rings is 2. The fourth-order valence-electron chi connectivity index (χ4n) is 3.03. The van der Waals surface area contributed by atoms with Crippen molar-refractivity contribution >= 4 is 11.6 Å². The molecule has 0 aliphatic carbocycles. The number of rotatable bonds is 8. The Labute approximate surface area is 188 Å². The summed E-state index contributed by atoms with van der Waals surface area (Å²) in [5, 5.41) is 9.93. The van der Waals surface area contributed by atoms with E-state index in [4.69, 9.17) is 21.1 Å². The number of hydrogen-bond donors (Lipinski definition) is 1. The second-order valence-electron chi connectivity index (χ2n) is 8.48. The molecule has 0 saturated heterocycles. The number of nitrogens with zero attached hydrogens (tertiary/aromatic N) is 3. The lowest BCUT2D eigenvalue weighted by Crippen LogP contribution is -2.07. The number of aliphatic hydroxyl groups is 1. The lowest BCUT2D eigenvalue weighted by atomic mass is 9.91. The van der Waals surface area contributed by atoms with Gasteiger partial charge in [0.05, 0.1) is 25.3 Å². The monoisotopic (exact) mass is 441 g/mol. The Bertz CT molecular complexity index is 1020. The highest BCUT2D eigenvalue weighted by Crippen LogP contribution is 2.29. The van der Waals surface area contributed by atoms with Gasteiger partial charge in [-0.1, -0.05) is 38.4 Å². The molecule has 1 heterocycles. The highest BCUT2D eigenvalue weighted by molar-refractivity contribution is 6.33. The van der Waals surface area contributed by atoms with Crippen LogP contribution in [-0.4, -0.2) is 33.8 Å². The molecule has 0 amide bonds. The van der Waals surface area contributed by atoms with Crippen molar-refractivity contribution in [3.05, 3.63) is 53.1 Å².